The lowest BCUT2D eigenvalue weighted by Gasteiger charge is -2.12. The highest BCUT2D eigenvalue weighted by Crippen LogP contribution is 2.25. The largest absolute Gasteiger partial charge is 0.334 e. The Morgan fingerprint density at radius 2 is 1.80 bits per heavy atom. The van der Waals surface area contributed by atoms with E-state index in [0.29, 0.717) is 21.3 Å². The van der Waals surface area contributed by atoms with E-state index in [-0.39, 0.29) is 6.54 Å². The van der Waals surface area contributed by atoms with Crippen LogP contribution in [0.2, 0.25) is 10.0 Å². The summed E-state index contributed by atoms with van der Waals surface area (Å²) in [5.74, 6) is 0. The second-order valence-corrected chi connectivity index (χ2v) is 5.02. The summed E-state index contributed by atoms with van der Waals surface area (Å²) in [7, 11) is 0. The predicted octanol–water partition coefficient (Wildman–Crippen LogP) is 3.42. The number of aromatic nitrogens is 1. The van der Waals surface area contributed by atoms with Crippen molar-refractivity contribution in [2.24, 2.45) is 0 Å². The third-order valence-corrected chi connectivity index (χ3v) is 3.66. The van der Waals surface area contributed by atoms with Gasteiger partial charge in [-0.1, -0.05) is 29.3 Å². The standard InChI is InChI=1S/C13H10Cl2N2O3/c1-8-5-6-12(17(19)20)13(18)16(8)7-9-10(14)3-2-4-11(9)15/h2-6H,7H2,1H3. The first-order valence-corrected chi connectivity index (χ1v) is 6.45. The molecule has 5 nitrogen and oxygen atoms in total. The van der Waals surface area contributed by atoms with Crippen LogP contribution in [-0.2, 0) is 6.54 Å². The highest BCUT2D eigenvalue weighted by atomic mass is 35.5. The summed E-state index contributed by atoms with van der Waals surface area (Å²) >= 11 is 12.1. The minimum absolute atomic E-state index is 0.0881. The Balaban J connectivity index is 2.57. The molecule has 0 atom stereocenters. The number of halogens is 2. The van der Waals surface area contributed by atoms with Gasteiger partial charge in [0.1, 0.15) is 0 Å². The quantitative estimate of drug-likeness (QED) is 0.644. The van der Waals surface area contributed by atoms with E-state index >= 15 is 0 Å². The Hall–Kier alpha value is -1.85. The lowest BCUT2D eigenvalue weighted by Crippen LogP contribution is -2.25. The van der Waals surface area contributed by atoms with Crippen molar-refractivity contribution in [3.8, 4) is 0 Å². The van der Waals surface area contributed by atoms with Crippen molar-refractivity contribution in [3.05, 3.63) is 72.1 Å². The monoisotopic (exact) mass is 312 g/mol. The molecule has 104 valence electrons. The average molecular weight is 313 g/mol. The summed E-state index contributed by atoms with van der Waals surface area (Å²) < 4.78 is 1.28. The average Bonchev–Trinajstić information content (AvgIpc) is 2.36. The fourth-order valence-electron chi connectivity index (χ4n) is 1.84. The first-order valence-electron chi connectivity index (χ1n) is 5.69. The van der Waals surface area contributed by atoms with Crippen molar-refractivity contribution in [2.45, 2.75) is 13.5 Å². The van der Waals surface area contributed by atoms with Gasteiger partial charge < -0.3 is 4.57 Å². The second kappa shape index (κ2) is 5.64. The van der Waals surface area contributed by atoms with Crippen molar-refractivity contribution in [1.82, 2.24) is 4.57 Å². The highest BCUT2D eigenvalue weighted by Gasteiger charge is 2.17. The number of rotatable bonds is 3. The summed E-state index contributed by atoms with van der Waals surface area (Å²) in [6.07, 6.45) is 0. The maximum absolute atomic E-state index is 12.1. The fraction of sp³-hybridized carbons (Fsp3) is 0.154. The molecule has 0 amide bonds. The van der Waals surface area contributed by atoms with E-state index in [9.17, 15) is 14.9 Å². The van der Waals surface area contributed by atoms with Gasteiger partial charge in [-0.2, -0.15) is 0 Å². The van der Waals surface area contributed by atoms with Crippen molar-refractivity contribution < 1.29 is 4.92 Å². The van der Waals surface area contributed by atoms with Crippen LogP contribution in [-0.4, -0.2) is 9.49 Å². The summed E-state index contributed by atoms with van der Waals surface area (Å²) in [6, 6.07) is 7.71. The molecular weight excluding hydrogens is 303 g/mol. The molecule has 0 aliphatic rings. The normalized spacial score (nSPS) is 10.6. The van der Waals surface area contributed by atoms with Crippen LogP contribution in [0.25, 0.3) is 0 Å². The molecule has 1 aromatic carbocycles. The molecule has 0 spiro atoms. The van der Waals surface area contributed by atoms with E-state index < -0.39 is 16.2 Å². The number of nitrogens with zero attached hydrogens (tertiary/aromatic N) is 2. The van der Waals surface area contributed by atoms with Gasteiger partial charge in [-0.25, -0.2) is 0 Å². The minimum atomic E-state index is -0.702. The van der Waals surface area contributed by atoms with Gasteiger partial charge in [0.2, 0.25) is 0 Å². The molecule has 0 bridgehead atoms. The smallest absolute Gasteiger partial charge is 0.303 e. The molecule has 0 fully saturated rings. The maximum atomic E-state index is 12.1. The van der Waals surface area contributed by atoms with Gasteiger partial charge in [0.05, 0.1) is 11.5 Å². The molecule has 20 heavy (non-hydrogen) atoms. The number of benzene rings is 1. The Bertz CT molecular complexity index is 721. The van der Waals surface area contributed by atoms with Crippen molar-refractivity contribution in [3.63, 3.8) is 0 Å². The van der Waals surface area contributed by atoms with Crippen LogP contribution in [0.3, 0.4) is 0 Å². The van der Waals surface area contributed by atoms with Crippen LogP contribution in [0.1, 0.15) is 11.3 Å². The molecule has 0 radical (unpaired) electrons. The molecule has 2 rings (SSSR count). The van der Waals surface area contributed by atoms with Gasteiger partial charge in [0.15, 0.2) is 0 Å². The van der Waals surface area contributed by atoms with E-state index in [1.807, 2.05) is 0 Å². The Kier molecular flexibility index (Phi) is 4.11. The van der Waals surface area contributed by atoms with Crippen LogP contribution in [0, 0.1) is 17.0 Å². The van der Waals surface area contributed by atoms with E-state index in [2.05, 4.69) is 0 Å². The van der Waals surface area contributed by atoms with E-state index in [1.165, 1.54) is 16.7 Å². The number of nitro groups is 1. The summed E-state index contributed by atoms with van der Waals surface area (Å²) in [6.45, 7) is 1.78. The molecule has 0 saturated heterocycles. The first kappa shape index (κ1) is 14.6. The zero-order valence-corrected chi connectivity index (χ0v) is 12.0. The maximum Gasteiger partial charge on any atom is 0.334 e. The molecule has 0 aliphatic heterocycles. The summed E-state index contributed by atoms with van der Waals surface area (Å²) in [4.78, 5) is 22.2. The van der Waals surface area contributed by atoms with Crippen LogP contribution >= 0.6 is 23.2 Å². The Morgan fingerprint density at radius 3 is 2.35 bits per heavy atom. The highest BCUT2D eigenvalue weighted by molar-refractivity contribution is 6.35. The topological polar surface area (TPSA) is 65.1 Å². The number of pyridine rings is 1. The number of aryl methyl sites for hydroxylation is 1. The van der Waals surface area contributed by atoms with Gasteiger partial charge in [-0.15, -0.1) is 0 Å². The molecule has 2 aromatic rings. The van der Waals surface area contributed by atoms with E-state index in [1.54, 1.807) is 25.1 Å². The molecule has 0 aliphatic carbocycles. The van der Waals surface area contributed by atoms with E-state index in [0.717, 1.165) is 0 Å². The summed E-state index contributed by atoms with van der Waals surface area (Å²) in [5, 5.41) is 11.6. The first-order chi connectivity index (χ1) is 9.41. The van der Waals surface area contributed by atoms with Crippen LogP contribution < -0.4 is 5.56 Å². The van der Waals surface area contributed by atoms with Crippen molar-refractivity contribution >= 4 is 28.9 Å². The molecule has 1 heterocycles. The van der Waals surface area contributed by atoms with Crippen molar-refractivity contribution in [1.29, 1.82) is 0 Å². The summed E-state index contributed by atoms with van der Waals surface area (Å²) in [5.41, 5.74) is 0.00267. The van der Waals surface area contributed by atoms with Crippen LogP contribution in [0.15, 0.2) is 35.1 Å². The third-order valence-electron chi connectivity index (χ3n) is 2.95. The zero-order valence-electron chi connectivity index (χ0n) is 10.5. The Morgan fingerprint density at radius 1 is 1.20 bits per heavy atom. The molecule has 0 saturated carbocycles. The van der Waals surface area contributed by atoms with E-state index in [4.69, 9.17) is 23.2 Å². The third kappa shape index (κ3) is 2.69. The van der Waals surface area contributed by atoms with Gasteiger partial charge in [-0.05, 0) is 25.1 Å². The minimum Gasteiger partial charge on any atom is -0.303 e. The van der Waals surface area contributed by atoms with Crippen LogP contribution in [0.5, 0.6) is 0 Å². The van der Waals surface area contributed by atoms with Crippen LogP contribution in [0.4, 0.5) is 5.69 Å². The molecule has 0 unspecified atom stereocenters. The SMILES string of the molecule is Cc1ccc([N+](=O)[O-])c(=O)n1Cc1c(Cl)cccc1Cl. The van der Waals surface area contributed by atoms with Gasteiger partial charge >= 0.3 is 11.2 Å². The molecule has 0 N–H and O–H groups in total. The second-order valence-electron chi connectivity index (χ2n) is 4.21. The zero-order chi connectivity index (χ0) is 14.9. The predicted molar refractivity (Wildman–Crippen MR) is 77.7 cm³/mol. The number of hydrogen-bond acceptors (Lipinski definition) is 3. The van der Waals surface area contributed by atoms with Gasteiger partial charge in [0.25, 0.3) is 0 Å². The van der Waals surface area contributed by atoms with Gasteiger partial charge in [-0.3, -0.25) is 14.9 Å². The lowest BCUT2D eigenvalue weighted by molar-refractivity contribution is -0.386. The van der Waals surface area contributed by atoms with Gasteiger partial charge in [0, 0.05) is 27.4 Å². The van der Waals surface area contributed by atoms with Crippen molar-refractivity contribution in [2.75, 3.05) is 0 Å². The lowest BCUT2D eigenvalue weighted by atomic mass is 10.2. The number of hydrogen-bond donors (Lipinski definition) is 0. The molecule has 7 heteroatoms. The fourth-order valence-corrected chi connectivity index (χ4v) is 2.35. The molecular formula is C13H10Cl2N2O3. The molecule has 1 aromatic heterocycles. The Labute approximate surface area is 124 Å².